The van der Waals surface area contributed by atoms with E-state index in [0.29, 0.717) is 11.5 Å². The second-order valence-corrected chi connectivity index (χ2v) is 13.2. The Kier molecular flexibility index (Phi) is 6.73. The summed E-state index contributed by atoms with van der Waals surface area (Å²) in [5.41, 5.74) is 16.6. The fraction of sp³-hybridized carbons (Fsp3) is 0.0213. The van der Waals surface area contributed by atoms with Crippen LogP contribution in [0.15, 0.2) is 158 Å². The largest absolute Gasteiger partial charge is 0.361 e. The summed E-state index contributed by atoms with van der Waals surface area (Å²) in [5.74, 6) is 0.345. The molecule has 0 saturated heterocycles. The smallest absolute Gasteiger partial charge is 0.270 e. The molecule has 4 heterocycles. The monoisotopic (exact) mass is 674 g/mol. The van der Waals surface area contributed by atoms with Gasteiger partial charge >= 0.3 is 0 Å². The van der Waals surface area contributed by atoms with Gasteiger partial charge in [0.05, 0.1) is 28.2 Å². The van der Waals surface area contributed by atoms with Crippen LogP contribution in [0.1, 0.15) is 27.9 Å². The summed E-state index contributed by atoms with van der Waals surface area (Å²) in [4.78, 5) is 22.0. The molecule has 0 atom stereocenters. The predicted molar refractivity (Wildman–Crippen MR) is 207 cm³/mol. The summed E-state index contributed by atoms with van der Waals surface area (Å²) in [6.45, 7) is 7.44. The molecule has 2 aliphatic rings. The van der Waals surface area contributed by atoms with E-state index >= 15 is 0 Å². The van der Waals surface area contributed by atoms with Crippen molar-refractivity contribution in [1.29, 1.82) is 5.26 Å². The molecule has 4 aromatic heterocycles. The number of hydrogen-bond donors (Lipinski definition) is 0. The van der Waals surface area contributed by atoms with Gasteiger partial charge in [0.2, 0.25) is 0 Å². The molecule has 0 fully saturated rings. The number of hydrogen-bond acceptors (Lipinski definition) is 5. The third kappa shape index (κ3) is 4.57. The van der Waals surface area contributed by atoms with E-state index in [1.165, 1.54) is 44.5 Å². The Bertz CT molecular complexity index is 2700. The zero-order valence-corrected chi connectivity index (χ0v) is 28.2. The van der Waals surface area contributed by atoms with E-state index in [0.717, 1.165) is 45.0 Å². The average Bonchev–Trinajstić information content (AvgIpc) is 3.70. The third-order valence-corrected chi connectivity index (χ3v) is 10.5. The van der Waals surface area contributed by atoms with Gasteiger partial charge in [-0.05, 0) is 111 Å². The molecule has 0 bridgehead atoms. The summed E-state index contributed by atoms with van der Waals surface area (Å²) in [6, 6.07) is 52.6. The van der Waals surface area contributed by atoms with Gasteiger partial charge in [0.15, 0.2) is 0 Å². The summed E-state index contributed by atoms with van der Waals surface area (Å²) in [5, 5.41) is 9.46. The van der Waals surface area contributed by atoms with E-state index in [2.05, 4.69) is 106 Å². The maximum Gasteiger partial charge on any atom is 0.270 e. The van der Waals surface area contributed by atoms with Gasteiger partial charge in [-0.15, -0.1) is 4.98 Å². The van der Waals surface area contributed by atoms with E-state index in [1.807, 2.05) is 48.5 Å². The number of nitrogens with zero attached hydrogens (tertiary/aromatic N) is 6. The molecule has 0 saturated carbocycles. The maximum atomic E-state index is 9.46. The van der Waals surface area contributed by atoms with Crippen LogP contribution in [0, 0.1) is 17.9 Å². The standard InChI is InChI=1S/C47H26N6/c1-49-46-27-32(21-23-51-46)45-15-7-13-43(53-45)30-17-19-37-36-18-16-29(42-12-6-14-44(52-42)31-20-22-50-33(24-31)28-48)25-40(36)47(41(37)26-30)38-10-4-2-8-34(38)35-9-3-5-11-39(35)47/h2-27H. The molecule has 8 aromatic rings. The number of fused-ring (bicyclic) bond motifs is 10. The minimum atomic E-state index is -0.568. The lowest BCUT2D eigenvalue weighted by Crippen LogP contribution is -2.26. The van der Waals surface area contributed by atoms with Crippen LogP contribution in [-0.2, 0) is 5.41 Å². The van der Waals surface area contributed by atoms with Crippen LogP contribution in [0.5, 0.6) is 0 Å². The van der Waals surface area contributed by atoms with Crippen molar-refractivity contribution >= 4 is 5.82 Å². The molecule has 0 aliphatic heterocycles. The van der Waals surface area contributed by atoms with Crippen molar-refractivity contribution < 1.29 is 0 Å². The molecule has 2 aliphatic carbocycles. The Morgan fingerprint density at radius 3 is 1.47 bits per heavy atom. The van der Waals surface area contributed by atoms with Gasteiger partial charge < -0.3 is 4.85 Å². The SMILES string of the molecule is [C-]#[N+]c1cc(-c2cccc(-c3ccc4c(c3)C3(c5ccccc5-c5ccccc53)c3cc(-c5cccc(-c6ccnc(C#N)c6)n5)ccc3-4)n2)ccn1. The fourth-order valence-electron chi connectivity index (χ4n) is 8.26. The Hall–Kier alpha value is -7.54. The van der Waals surface area contributed by atoms with E-state index in [4.69, 9.17) is 16.5 Å². The van der Waals surface area contributed by atoms with E-state index in [-0.39, 0.29) is 0 Å². The van der Waals surface area contributed by atoms with E-state index < -0.39 is 5.41 Å². The lowest BCUT2D eigenvalue weighted by atomic mass is 9.70. The summed E-state index contributed by atoms with van der Waals surface area (Å²) in [7, 11) is 0. The third-order valence-electron chi connectivity index (χ3n) is 10.5. The highest BCUT2D eigenvalue weighted by Gasteiger charge is 2.51. The van der Waals surface area contributed by atoms with Crippen molar-refractivity contribution in [2.75, 3.05) is 0 Å². The van der Waals surface area contributed by atoms with Gasteiger partial charge in [0, 0.05) is 22.9 Å². The summed E-state index contributed by atoms with van der Waals surface area (Å²) in [6.07, 6.45) is 3.31. The second kappa shape index (κ2) is 11.8. The van der Waals surface area contributed by atoms with Gasteiger partial charge in [-0.25, -0.2) is 15.0 Å². The van der Waals surface area contributed by atoms with E-state index in [1.54, 1.807) is 24.5 Å². The first-order valence-electron chi connectivity index (χ1n) is 17.3. The quantitative estimate of drug-likeness (QED) is 0.174. The van der Waals surface area contributed by atoms with Crippen LogP contribution >= 0.6 is 0 Å². The van der Waals surface area contributed by atoms with Gasteiger partial charge in [-0.3, -0.25) is 0 Å². The van der Waals surface area contributed by atoms with Gasteiger partial charge in [0.25, 0.3) is 5.82 Å². The number of pyridine rings is 4. The second-order valence-electron chi connectivity index (χ2n) is 13.2. The Balaban J connectivity index is 1.18. The molecule has 6 heteroatoms. The van der Waals surface area contributed by atoms with Crippen molar-refractivity contribution in [3.8, 4) is 73.4 Å². The Labute approximate surface area is 306 Å². The number of nitriles is 1. The van der Waals surface area contributed by atoms with Crippen molar-refractivity contribution in [3.63, 3.8) is 0 Å². The van der Waals surface area contributed by atoms with Crippen LogP contribution in [0.2, 0.25) is 0 Å². The van der Waals surface area contributed by atoms with Crippen LogP contribution in [-0.4, -0.2) is 19.9 Å². The first kappa shape index (κ1) is 30.3. The summed E-state index contributed by atoms with van der Waals surface area (Å²) >= 11 is 0. The van der Waals surface area contributed by atoms with Crippen LogP contribution in [0.3, 0.4) is 0 Å². The molecule has 0 amide bonds. The molecule has 0 radical (unpaired) electrons. The molecule has 6 nitrogen and oxygen atoms in total. The van der Waals surface area contributed by atoms with Gasteiger partial charge in [-0.2, -0.15) is 5.26 Å². The van der Waals surface area contributed by atoms with Gasteiger partial charge in [-0.1, -0.05) is 91.5 Å². The normalized spacial score (nSPS) is 12.6. The highest BCUT2D eigenvalue weighted by atomic mass is 14.9. The Morgan fingerprint density at radius 2 is 0.943 bits per heavy atom. The van der Waals surface area contributed by atoms with Crippen LogP contribution in [0.25, 0.3) is 72.1 Å². The lowest BCUT2D eigenvalue weighted by Gasteiger charge is -2.31. The molecule has 0 N–H and O–H groups in total. The lowest BCUT2D eigenvalue weighted by molar-refractivity contribution is 0.794. The molecular formula is C47H26N6. The van der Waals surface area contributed by atoms with Crippen molar-refractivity contribution in [2.45, 2.75) is 5.41 Å². The number of benzene rings is 4. The summed E-state index contributed by atoms with van der Waals surface area (Å²) < 4.78 is 0. The van der Waals surface area contributed by atoms with E-state index in [9.17, 15) is 5.26 Å². The van der Waals surface area contributed by atoms with Crippen molar-refractivity contribution in [3.05, 3.63) is 197 Å². The molecule has 1 spiro atoms. The minimum absolute atomic E-state index is 0.345. The zero-order valence-electron chi connectivity index (χ0n) is 28.2. The molecule has 53 heavy (non-hydrogen) atoms. The average molecular weight is 675 g/mol. The highest BCUT2D eigenvalue weighted by Crippen LogP contribution is 2.63. The molecular weight excluding hydrogens is 649 g/mol. The first-order chi connectivity index (χ1) is 26.1. The topological polar surface area (TPSA) is 79.7 Å². The predicted octanol–water partition coefficient (Wildman–Crippen LogP) is 10.7. The number of rotatable bonds is 4. The fourth-order valence-corrected chi connectivity index (χ4v) is 8.26. The van der Waals surface area contributed by atoms with Crippen molar-refractivity contribution in [2.24, 2.45) is 0 Å². The molecule has 244 valence electrons. The van der Waals surface area contributed by atoms with Crippen LogP contribution < -0.4 is 0 Å². The molecule has 10 rings (SSSR count). The van der Waals surface area contributed by atoms with Crippen LogP contribution in [0.4, 0.5) is 5.82 Å². The molecule has 4 aromatic carbocycles. The Morgan fingerprint density at radius 1 is 0.472 bits per heavy atom. The highest BCUT2D eigenvalue weighted by molar-refractivity contribution is 5.96. The van der Waals surface area contributed by atoms with Crippen molar-refractivity contribution in [1.82, 2.24) is 19.9 Å². The zero-order chi connectivity index (χ0) is 35.5. The van der Waals surface area contributed by atoms with Gasteiger partial charge in [0.1, 0.15) is 18.0 Å². The first-order valence-corrected chi connectivity index (χ1v) is 17.3. The maximum absolute atomic E-state index is 9.46. The minimum Gasteiger partial charge on any atom is -0.361 e. The number of aromatic nitrogens is 4. The molecule has 0 unspecified atom stereocenters.